The van der Waals surface area contributed by atoms with Gasteiger partial charge in [0.2, 0.25) is 5.91 Å². The molecule has 0 aliphatic rings. The van der Waals surface area contributed by atoms with Gasteiger partial charge in [-0.3, -0.25) is 9.59 Å². The van der Waals surface area contributed by atoms with Crippen molar-refractivity contribution in [3.63, 3.8) is 0 Å². The number of ether oxygens (including phenoxy) is 2. The largest absolute Gasteiger partial charge is 0.467 e. The van der Waals surface area contributed by atoms with Crippen molar-refractivity contribution < 1.29 is 23.9 Å². The van der Waals surface area contributed by atoms with Crippen molar-refractivity contribution in [2.45, 2.75) is 18.9 Å². The number of nitrogens with one attached hydrogen (secondary N) is 2. The zero-order chi connectivity index (χ0) is 13.3. The molecule has 7 nitrogen and oxygen atoms in total. The van der Waals surface area contributed by atoms with Gasteiger partial charge in [-0.2, -0.15) is 0 Å². The molecule has 0 rings (SSSR count). The number of amides is 1. The molecule has 0 aromatic carbocycles. The molecular formula is C10H16N2O5. The van der Waals surface area contributed by atoms with Crippen LogP contribution in [-0.2, 0) is 23.9 Å². The van der Waals surface area contributed by atoms with E-state index >= 15 is 0 Å². The van der Waals surface area contributed by atoms with Gasteiger partial charge in [-0.15, -0.1) is 0 Å². The van der Waals surface area contributed by atoms with Crippen molar-refractivity contribution in [1.82, 2.24) is 5.32 Å². The standard InChI is InChI=1S/C10H16N2O5/c1-16-6-9(14)12-8(10(15)17-2)4-3-7(13)5-11/h5,8,11H,3-4,6H2,1-2H3,(H,12,14)/t8-/m0/s1. The first-order valence-corrected chi connectivity index (χ1v) is 4.94. The van der Waals surface area contributed by atoms with E-state index in [0.29, 0.717) is 6.21 Å². The third-order valence-corrected chi connectivity index (χ3v) is 1.94. The van der Waals surface area contributed by atoms with Gasteiger partial charge in [-0.05, 0) is 6.42 Å². The second-order valence-corrected chi connectivity index (χ2v) is 3.23. The van der Waals surface area contributed by atoms with E-state index in [1.807, 2.05) is 0 Å². The number of carbonyl (C=O) groups is 3. The number of methoxy groups -OCH3 is 2. The number of rotatable bonds is 8. The van der Waals surface area contributed by atoms with Gasteiger partial charge in [-0.25, -0.2) is 4.79 Å². The summed E-state index contributed by atoms with van der Waals surface area (Å²) in [5, 5.41) is 9.10. The van der Waals surface area contributed by atoms with E-state index in [9.17, 15) is 14.4 Å². The Hall–Kier alpha value is -1.76. The molecule has 0 aromatic rings. The summed E-state index contributed by atoms with van der Waals surface area (Å²) in [6.45, 7) is -0.175. The van der Waals surface area contributed by atoms with E-state index < -0.39 is 23.7 Å². The van der Waals surface area contributed by atoms with Crippen molar-refractivity contribution in [3.8, 4) is 0 Å². The molecule has 0 fully saturated rings. The molecule has 7 heteroatoms. The minimum absolute atomic E-state index is 0.00344. The first-order chi connectivity index (χ1) is 8.04. The van der Waals surface area contributed by atoms with Crippen molar-refractivity contribution in [3.05, 3.63) is 0 Å². The van der Waals surface area contributed by atoms with E-state index in [1.165, 1.54) is 14.2 Å². The van der Waals surface area contributed by atoms with E-state index in [0.717, 1.165) is 0 Å². The van der Waals surface area contributed by atoms with Crippen molar-refractivity contribution in [2.75, 3.05) is 20.8 Å². The predicted molar refractivity (Wildman–Crippen MR) is 58.8 cm³/mol. The van der Waals surface area contributed by atoms with Crippen LogP contribution in [0.3, 0.4) is 0 Å². The highest BCUT2D eigenvalue weighted by Gasteiger charge is 2.21. The molecule has 0 heterocycles. The third-order valence-electron chi connectivity index (χ3n) is 1.94. The Morgan fingerprint density at radius 3 is 2.47 bits per heavy atom. The Morgan fingerprint density at radius 2 is 2.00 bits per heavy atom. The second kappa shape index (κ2) is 8.40. The molecule has 0 aromatic heterocycles. The van der Waals surface area contributed by atoms with Crippen molar-refractivity contribution >= 4 is 23.9 Å². The van der Waals surface area contributed by atoms with Gasteiger partial charge in [-0.1, -0.05) is 0 Å². The first kappa shape index (κ1) is 15.2. The molecule has 17 heavy (non-hydrogen) atoms. The lowest BCUT2D eigenvalue weighted by Crippen LogP contribution is -2.43. The minimum atomic E-state index is -0.897. The van der Waals surface area contributed by atoms with Crippen molar-refractivity contribution in [1.29, 1.82) is 5.41 Å². The van der Waals surface area contributed by atoms with Gasteiger partial charge in [0.1, 0.15) is 12.6 Å². The zero-order valence-electron chi connectivity index (χ0n) is 9.82. The molecule has 0 spiro atoms. The van der Waals surface area contributed by atoms with Crippen LogP contribution in [0, 0.1) is 5.41 Å². The van der Waals surface area contributed by atoms with Gasteiger partial charge in [0.15, 0.2) is 5.78 Å². The van der Waals surface area contributed by atoms with E-state index in [4.69, 9.17) is 5.41 Å². The lowest BCUT2D eigenvalue weighted by atomic mass is 10.1. The number of hydrogen-bond acceptors (Lipinski definition) is 6. The molecule has 0 aliphatic carbocycles. The van der Waals surface area contributed by atoms with Gasteiger partial charge in [0.05, 0.1) is 13.3 Å². The average Bonchev–Trinajstić information content (AvgIpc) is 2.33. The molecule has 0 bridgehead atoms. The van der Waals surface area contributed by atoms with Gasteiger partial charge in [0.25, 0.3) is 0 Å². The summed E-state index contributed by atoms with van der Waals surface area (Å²) in [6, 6.07) is -0.897. The van der Waals surface area contributed by atoms with E-state index in [1.54, 1.807) is 0 Å². The summed E-state index contributed by atoms with van der Waals surface area (Å²) >= 11 is 0. The van der Waals surface area contributed by atoms with Crippen LogP contribution in [-0.4, -0.2) is 50.7 Å². The highest BCUT2D eigenvalue weighted by molar-refractivity contribution is 6.26. The molecule has 0 saturated carbocycles. The summed E-state index contributed by atoms with van der Waals surface area (Å²) < 4.78 is 9.09. The van der Waals surface area contributed by atoms with E-state index in [2.05, 4.69) is 14.8 Å². The smallest absolute Gasteiger partial charge is 0.328 e. The van der Waals surface area contributed by atoms with Crippen molar-refractivity contribution in [2.24, 2.45) is 0 Å². The minimum Gasteiger partial charge on any atom is -0.467 e. The Kier molecular flexibility index (Phi) is 7.53. The van der Waals surface area contributed by atoms with Crippen LogP contribution in [0.25, 0.3) is 0 Å². The fraction of sp³-hybridized carbons (Fsp3) is 0.600. The molecule has 96 valence electrons. The Balaban J connectivity index is 4.33. The second-order valence-electron chi connectivity index (χ2n) is 3.23. The maximum Gasteiger partial charge on any atom is 0.328 e. The highest BCUT2D eigenvalue weighted by Crippen LogP contribution is 2.00. The highest BCUT2D eigenvalue weighted by atomic mass is 16.5. The molecule has 0 unspecified atom stereocenters. The van der Waals surface area contributed by atoms with Crippen LogP contribution in [0.5, 0.6) is 0 Å². The van der Waals surface area contributed by atoms with Gasteiger partial charge >= 0.3 is 5.97 Å². The predicted octanol–water partition coefficient (Wildman–Crippen LogP) is -0.711. The van der Waals surface area contributed by atoms with Crippen LogP contribution in [0.4, 0.5) is 0 Å². The average molecular weight is 244 g/mol. The SMILES string of the molecule is COCC(=O)N[C@@H](CCC(=O)C=N)C(=O)OC. The van der Waals surface area contributed by atoms with Crippen LogP contribution in [0.15, 0.2) is 0 Å². The number of ketones is 1. The molecular weight excluding hydrogens is 228 g/mol. The molecule has 1 amide bonds. The monoisotopic (exact) mass is 244 g/mol. The fourth-order valence-corrected chi connectivity index (χ4v) is 1.12. The lowest BCUT2D eigenvalue weighted by Gasteiger charge is -2.15. The molecule has 1 atom stereocenters. The van der Waals surface area contributed by atoms with Crippen LogP contribution in [0.2, 0.25) is 0 Å². The van der Waals surface area contributed by atoms with Crippen LogP contribution < -0.4 is 5.32 Å². The maximum atomic E-state index is 11.3. The molecule has 0 aliphatic heterocycles. The molecule has 2 N–H and O–H groups in total. The number of hydrogen-bond donors (Lipinski definition) is 2. The first-order valence-electron chi connectivity index (χ1n) is 4.94. The summed E-state index contributed by atoms with van der Waals surface area (Å²) in [5.74, 6) is -1.52. The topological polar surface area (TPSA) is 106 Å². The Labute approximate surface area is 99.0 Å². The number of Topliss-reactive ketones (excluding diaryl/α,β-unsaturated/α-hetero) is 1. The van der Waals surface area contributed by atoms with Gasteiger partial charge in [0, 0.05) is 13.5 Å². The maximum absolute atomic E-state index is 11.3. The molecule has 0 saturated heterocycles. The third kappa shape index (κ3) is 6.41. The Morgan fingerprint density at radius 1 is 1.35 bits per heavy atom. The lowest BCUT2D eigenvalue weighted by molar-refractivity contribution is -0.145. The number of carbonyl (C=O) groups excluding carboxylic acids is 3. The molecule has 0 radical (unpaired) electrons. The summed E-state index contributed by atoms with van der Waals surface area (Å²) in [7, 11) is 2.54. The Bertz CT molecular complexity index is 303. The zero-order valence-corrected chi connectivity index (χ0v) is 9.82. The quantitative estimate of drug-likeness (QED) is 0.433. The summed E-state index contributed by atoms with van der Waals surface area (Å²) in [4.78, 5) is 33.4. The van der Waals surface area contributed by atoms with Crippen LogP contribution in [0.1, 0.15) is 12.8 Å². The van der Waals surface area contributed by atoms with Gasteiger partial charge < -0.3 is 20.2 Å². The normalized spacial score (nSPS) is 11.4. The van der Waals surface area contributed by atoms with E-state index in [-0.39, 0.29) is 19.4 Å². The fourth-order valence-electron chi connectivity index (χ4n) is 1.12. The van der Waals surface area contributed by atoms with Crippen LogP contribution >= 0.6 is 0 Å². The number of esters is 1. The summed E-state index contributed by atoms with van der Waals surface area (Å²) in [5.41, 5.74) is 0. The summed E-state index contributed by atoms with van der Waals surface area (Å²) in [6.07, 6.45) is 0.762.